The smallest absolute Gasteiger partial charge is 0.404 e. The molecule has 3 aromatic heterocycles. The molecule has 9 nitrogen and oxygen atoms in total. The van der Waals surface area contributed by atoms with Gasteiger partial charge in [-0.05, 0) is 43.4 Å². The van der Waals surface area contributed by atoms with Gasteiger partial charge in [-0.2, -0.15) is 10.4 Å². The molecule has 2 bridgehead atoms. The van der Waals surface area contributed by atoms with Gasteiger partial charge in [0.1, 0.15) is 17.6 Å². The molecule has 2 unspecified atom stereocenters. The lowest BCUT2D eigenvalue weighted by Crippen LogP contribution is -2.64. The van der Waals surface area contributed by atoms with Crippen molar-refractivity contribution < 1.29 is 14.6 Å². The highest BCUT2D eigenvalue weighted by Gasteiger charge is 2.47. The van der Waals surface area contributed by atoms with Crippen LogP contribution in [0.5, 0.6) is 5.75 Å². The van der Waals surface area contributed by atoms with Crippen LogP contribution in [0.15, 0.2) is 36.8 Å². The Morgan fingerprint density at radius 2 is 2.16 bits per heavy atom. The van der Waals surface area contributed by atoms with Crippen molar-refractivity contribution in [1.82, 2.24) is 19.9 Å². The molecule has 2 aliphatic heterocycles. The molecule has 1 saturated carbocycles. The SMILES string of the molecule is CCOc1cc(-c2ccc(N3CC4CC(C3)C4NC(=O)O)nc2)c2c(C#N)cnn2c1. The molecule has 1 aliphatic carbocycles. The predicted molar refractivity (Wildman–Crippen MR) is 113 cm³/mol. The number of piperidine rings is 2. The van der Waals surface area contributed by atoms with Crippen LogP contribution in [0.4, 0.5) is 10.6 Å². The summed E-state index contributed by atoms with van der Waals surface area (Å²) in [6, 6.07) is 8.14. The van der Waals surface area contributed by atoms with Gasteiger partial charge in [-0.1, -0.05) is 0 Å². The molecule has 2 N–H and O–H groups in total. The monoisotopic (exact) mass is 418 g/mol. The molecular weight excluding hydrogens is 396 g/mol. The van der Waals surface area contributed by atoms with E-state index in [1.165, 1.54) is 0 Å². The second-order valence-electron chi connectivity index (χ2n) is 8.03. The number of nitrogens with zero attached hydrogens (tertiary/aromatic N) is 5. The van der Waals surface area contributed by atoms with Crippen LogP contribution in [0.1, 0.15) is 18.9 Å². The van der Waals surface area contributed by atoms with E-state index in [0.717, 1.165) is 42.0 Å². The number of aromatic nitrogens is 3. The first-order valence-electron chi connectivity index (χ1n) is 10.3. The quantitative estimate of drug-likeness (QED) is 0.654. The van der Waals surface area contributed by atoms with Crippen molar-refractivity contribution in [1.29, 1.82) is 5.26 Å². The summed E-state index contributed by atoms with van der Waals surface area (Å²) >= 11 is 0. The average molecular weight is 418 g/mol. The molecule has 31 heavy (non-hydrogen) atoms. The maximum atomic E-state index is 11.0. The highest BCUT2D eigenvalue weighted by Crippen LogP contribution is 2.41. The molecule has 1 amide bonds. The van der Waals surface area contributed by atoms with E-state index in [1.54, 1.807) is 16.9 Å². The lowest BCUT2D eigenvalue weighted by Gasteiger charge is -2.53. The number of anilines is 1. The second kappa shape index (κ2) is 7.47. The maximum Gasteiger partial charge on any atom is 0.404 e. The minimum Gasteiger partial charge on any atom is -0.492 e. The molecule has 3 aromatic rings. The Bertz CT molecular complexity index is 1170. The summed E-state index contributed by atoms with van der Waals surface area (Å²) in [5.41, 5.74) is 2.93. The van der Waals surface area contributed by atoms with Gasteiger partial charge in [-0.25, -0.2) is 14.3 Å². The third-order valence-corrected chi connectivity index (χ3v) is 6.22. The summed E-state index contributed by atoms with van der Waals surface area (Å²) < 4.78 is 7.34. The van der Waals surface area contributed by atoms with Crippen molar-refractivity contribution in [3.05, 3.63) is 42.4 Å². The van der Waals surface area contributed by atoms with Crippen LogP contribution in [0.2, 0.25) is 0 Å². The van der Waals surface area contributed by atoms with Crippen LogP contribution in [0.25, 0.3) is 16.6 Å². The third kappa shape index (κ3) is 3.30. The van der Waals surface area contributed by atoms with Crippen molar-refractivity contribution in [2.75, 3.05) is 24.6 Å². The average Bonchev–Trinajstić information content (AvgIpc) is 3.20. The topological polar surface area (TPSA) is 116 Å². The summed E-state index contributed by atoms with van der Waals surface area (Å²) in [6.45, 7) is 4.03. The van der Waals surface area contributed by atoms with E-state index in [-0.39, 0.29) is 6.04 Å². The van der Waals surface area contributed by atoms with Gasteiger partial charge >= 0.3 is 6.09 Å². The molecule has 9 heteroatoms. The van der Waals surface area contributed by atoms with Crippen molar-refractivity contribution in [3.63, 3.8) is 0 Å². The van der Waals surface area contributed by atoms with E-state index in [0.29, 0.717) is 29.8 Å². The van der Waals surface area contributed by atoms with Crippen LogP contribution >= 0.6 is 0 Å². The van der Waals surface area contributed by atoms with Gasteiger partial charge in [0, 0.05) is 36.5 Å². The minimum atomic E-state index is -0.951. The third-order valence-electron chi connectivity index (χ3n) is 6.22. The first-order valence-corrected chi connectivity index (χ1v) is 10.3. The number of fused-ring (bicyclic) bond motifs is 3. The zero-order chi connectivity index (χ0) is 21.5. The van der Waals surface area contributed by atoms with E-state index in [1.807, 2.05) is 31.3 Å². The molecule has 2 atom stereocenters. The Balaban J connectivity index is 1.42. The number of hydrogen-bond acceptors (Lipinski definition) is 6. The van der Waals surface area contributed by atoms with Crippen LogP contribution in [-0.2, 0) is 0 Å². The van der Waals surface area contributed by atoms with Crippen LogP contribution in [-0.4, -0.2) is 51.5 Å². The number of ether oxygens (including phenoxy) is 1. The number of carbonyl (C=O) groups is 1. The van der Waals surface area contributed by atoms with Gasteiger partial charge in [0.2, 0.25) is 0 Å². The van der Waals surface area contributed by atoms with Gasteiger partial charge in [-0.3, -0.25) is 0 Å². The predicted octanol–water partition coefficient (Wildman–Crippen LogP) is 2.76. The lowest BCUT2D eigenvalue weighted by atomic mass is 9.66. The minimum absolute atomic E-state index is 0.0499. The Labute approximate surface area is 178 Å². The number of rotatable bonds is 5. The normalized spacial score (nSPS) is 21.9. The molecular formula is C22H22N6O3. The van der Waals surface area contributed by atoms with Crippen molar-refractivity contribution >= 4 is 17.4 Å². The Morgan fingerprint density at radius 3 is 2.81 bits per heavy atom. The summed E-state index contributed by atoms with van der Waals surface area (Å²) in [6.07, 6.45) is 5.24. The van der Waals surface area contributed by atoms with E-state index >= 15 is 0 Å². The summed E-state index contributed by atoms with van der Waals surface area (Å²) in [4.78, 5) is 17.9. The van der Waals surface area contributed by atoms with Gasteiger partial charge in [-0.15, -0.1) is 0 Å². The molecule has 3 aliphatic rings. The fourth-order valence-electron chi connectivity index (χ4n) is 4.83. The summed E-state index contributed by atoms with van der Waals surface area (Å²) in [5.74, 6) is 2.19. The first kappa shape index (κ1) is 19.2. The summed E-state index contributed by atoms with van der Waals surface area (Å²) in [7, 11) is 0. The molecule has 6 rings (SSSR count). The largest absolute Gasteiger partial charge is 0.492 e. The maximum absolute atomic E-state index is 11.0. The van der Waals surface area contributed by atoms with E-state index in [9.17, 15) is 10.1 Å². The Kier molecular flexibility index (Phi) is 4.62. The molecule has 2 saturated heterocycles. The van der Waals surface area contributed by atoms with Gasteiger partial charge in [0.25, 0.3) is 0 Å². The number of hydrogen-bond donors (Lipinski definition) is 2. The molecule has 5 heterocycles. The lowest BCUT2D eigenvalue weighted by molar-refractivity contribution is 0.0808. The highest BCUT2D eigenvalue weighted by molar-refractivity contribution is 5.85. The van der Waals surface area contributed by atoms with E-state index in [2.05, 4.69) is 26.4 Å². The van der Waals surface area contributed by atoms with Gasteiger partial charge in [0.15, 0.2) is 0 Å². The number of pyridine rings is 2. The highest BCUT2D eigenvalue weighted by atomic mass is 16.5. The number of nitriles is 1. The zero-order valence-electron chi connectivity index (χ0n) is 17.0. The second-order valence-corrected chi connectivity index (χ2v) is 8.03. The Hall–Kier alpha value is -3.80. The van der Waals surface area contributed by atoms with Gasteiger partial charge in [0.05, 0.1) is 30.1 Å². The fraction of sp³-hybridized carbons (Fsp3) is 0.364. The standard InChI is InChI=1S/C22H22N6O3/c1-2-31-17-6-18(21-16(7-23)9-25-28(21)12-17)13-3-4-19(24-8-13)27-10-14-5-15(11-27)20(14)26-22(29)30/h3-4,6,8-9,12,14-15,20,26H,2,5,10-11H2,1H3,(H,29,30). The molecule has 0 radical (unpaired) electrons. The van der Waals surface area contributed by atoms with E-state index < -0.39 is 6.09 Å². The number of carboxylic acid groups (broad SMARTS) is 1. The number of amides is 1. The van der Waals surface area contributed by atoms with E-state index in [4.69, 9.17) is 9.84 Å². The molecule has 0 aromatic carbocycles. The van der Waals surface area contributed by atoms with Crippen molar-refractivity contribution in [2.24, 2.45) is 11.8 Å². The van der Waals surface area contributed by atoms with Crippen LogP contribution < -0.4 is 15.0 Å². The van der Waals surface area contributed by atoms with Crippen LogP contribution in [0, 0.1) is 23.2 Å². The van der Waals surface area contributed by atoms with Crippen molar-refractivity contribution in [2.45, 2.75) is 19.4 Å². The Morgan fingerprint density at radius 1 is 1.35 bits per heavy atom. The van der Waals surface area contributed by atoms with Gasteiger partial charge < -0.3 is 20.1 Å². The number of nitrogens with one attached hydrogen (secondary N) is 1. The first-order chi connectivity index (χ1) is 15.1. The molecule has 3 fully saturated rings. The fourth-order valence-corrected chi connectivity index (χ4v) is 4.83. The van der Waals surface area contributed by atoms with Crippen LogP contribution in [0.3, 0.4) is 0 Å². The summed E-state index contributed by atoms with van der Waals surface area (Å²) in [5, 5.41) is 25.4. The molecule has 158 valence electrons. The van der Waals surface area contributed by atoms with Crippen molar-refractivity contribution in [3.8, 4) is 22.9 Å². The zero-order valence-corrected chi connectivity index (χ0v) is 17.0. The molecule has 0 spiro atoms.